The maximum atomic E-state index is 5.71. The molecule has 0 aliphatic heterocycles. The van der Waals surface area contributed by atoms with Crippen molar-refractivity contribution in [2.75, 3.05) is 0 Å². The Hall–Kier alpha value is -1.25. The van der Waals surface area contributed by atoms with Crippen LogP contribution in [0.5, 0.6) is 0 Å². The minimum atomic E-state index is 0.404. The predicted molar refractivity (Wildman–Crippen MR) is 70.2 cm³/mol. The largest absolute Gasteiger partial charge is 0.448 e. The molecule has 0 amide bonds. The van der Waals surface area contributed by atoms with E-state index < -0.39 is 0 Å². The standard InChI is InChI=1S/C14H16ClNO/c1-11(9-12-5-3-2-4-6-12)16-10-13-7-8-14(15)17-13/h2-8,11,16H,9-10H2,1H3. The number of benzene rings is 1. The summed E-state index contributed by atoms with van der Waals surface area (Å²) in [5.74, 6) is 0.870. The Kier molecular flexibility index (Phi) is 4.24. The summed E-state index contributed by atoms with van der Waals surface area (Å²) in [7, 11) is 0. The summed E-state index contributed by atoms with van der Waals surface area (Å²) in [4.78, 5) is 0. The topological polar surface area (TPSA) is 25.2 Å². The van der Waals surface area contributed by atoms with Crippen LogP contribution in [0.15, 0.2) is 46.9 Å². The van der Waals surface area contributed by atoms with E-state index in [-0.39, 0.29) is 0 Å². The van der Waals surface area contributed by atoms with E-state index in [0.29, 0.717) is 17.8 Å². The fraction of sp³-hybridized carbons (Fsp3) is 0.286. The Bertz CT molecular complexity index is 452. The zero-order valence-electron chi connectivity index (χ0n) is 9.82. The van der Waals surface area contributed by atoms with Crippen molar-refractivity contribution in [1.29, 1.82) is 0 Å². The molecule has 0 saturated carbocycles. The number of halogens is 1. The van der Waals surface area contributed by atoms with Crippen molar-refractivity contribution in [3.63, 3.8) is 0 Å². The van der Waals surface area contributed by atoms with E-state index in [1.54, 1.807) is 6.07 Å². The molecule has 0 fully saturated rings. The van der Waals surface area contributed by atoms with E-state index >= 15 is 0 Å². The zero-order chi connectivity index (χ0) is 12.1. The molecule has 1 heterocycles. The average molecular weight is 250 g/mol. The van der Waals surface area contributed by atoms with Gasteiger partial charge in [-0.2, -0.15) is 0 Å². The molecule has 1 atom stereocenters. The van der Waals surface area contributed by atoms with Gasteiger partial charge in [-0.1, -0.05) is 30.3 Å². The molecular formula is C14H16ClNO. The van der Waals surface area contributed by atoms with Crippen molar-refractivity contribution < 1.29 is 4.42 Å². The SMILES string of the molecule is CC(Cc1ccccc1)NCc1ccc(Cl)o1. The maximum Gasteiger partial charge on any atom is 0.193 e. The van der Waals surface area contributed by atoms with Crippen LogP contribution in [0, 0.1) is 0 Å². The lowest BCUT2D eigenvalue weighted by Gasteiger charge is -2.12. The Morgan fingerprint density at radius 2 is 1.94 bits per heavy atom. The molecule has 0 aliphatic carbocycles. The normalized spacial score (nSPS) is 12.6. The van der Waals surface area contributed by atoms with Crippen LogP contribution < -0.4 is 5.32 Å². The van der Waals surface area contributed by atoms with E-state index in [2.05, 4.69) is 36.5 Å². The molecule has 2 aromatic rings. The van der Waals surface area contributed by atoms with E-state index in [4.69, 9.17) is 16.0 Å². The van der Waals surface area contributed by atoms with Gasteiger partial charge in [0.05, 0.1) is 6.54 Å². The van der Waals surface area contributed by atoms with Crippen LogP contribution in [0.1, 0.15) is 18.2 Å². The van der Waals surface area contributed by atoms with Gasteiger partial charge in [-0.25, -0.2) is 0 Å². The minimum Gasteiger partial charge on any atom is -0.448 e. The van der Waals surface area contributed by atoms with Gasteiger partial charge in [0.1, 0.15) is 5.76 Å². The van der Waals surface area contributed by atoms with Gasteiger partial charge in [0.2, 0.25) is 0 Å². The van der Waals surface area contributed by atoms with Crippen LogP contribution in [0.3, 0.4) is 0 Å². The Balaban J connectivity index is 1.80. The molecule has 0 aliphatic rings. The first-order valence-electron chi connectivity index (χ1n) is 5.75. The van der Waals surface area contributed by atoms with Crippen LogP contribution in [0.25, 0.3) is 0 Å². The number of rotatable bonds is 5. The third-order valence-corrected chi connectivity index (χ3v) is 2.84. The highest BCUT2D eigenvalue weighted by atomic mass is 35.5. The van der Waals surface area contributed by atoms with Gasteiger partial charge in [-0.05, 0) is 42.6 Å². The first-order valence-corrected chi connectivity index (χ1v) is 6.13. The Morgan fingerprint density at radius 1 is 1.18 bits per heavy atom. The molecule has 1 unspecified atom stereocenters. The van der Waals surface area contributed by atoms with E-state index in [1.807, 2.05) is 12.1 Å². The van der Waals surface area contributed by atoms with Crippen molar-refractivity contribution in [1.82, 2.24) is 5.32 Å². The van der Waals surface area contributed by atoms with Gasteiger partial charge >= 0.3 is 0 Å². The third kappa shape index (κ3) is 3.91. The van der Waals surface area contributed by atoms with Crippen molar-refractivity contribution >= 4 is 11.6 Å². The van der Waals surface area contributed by atoms with Crippen LogP contribution in [0.2, 0.25) is 5.22 Å². The molecule has 90 valence electrons. The number of hydrogen-bond acceptors (Lipinski definition) is 2. The van der Waals surface area contributed by atoms with Gasteiger partial charge < -0.3 is 9.73 Å². The van der Waals surface area contributed by atoms with Crippen LogP contribution in [0.4, 0.5) is 0 Å². The smallest absolute Gasteiger partial charge is 0.193 e. The lowest BCUT2D eigenvalue weighted by Crippen LogP contribution is -2.27. The van der Waals surface area contributed by atoms with Crippen LogP contribution in [-0.2, 0) is 13.0 Å². The van der Waals surface area contributed by atoms with Gasteiger partial charge in [0, 0.05) is 6.04 Å². The highest BCUT2D eigenvalue weighted by molar-refractivity contribution is 6.28. The second-order valence-corrected chi connectivity index (χ2v) is 4.55. The molecule has 17 heavy (non-hydrogen) atoms. The highest BCUT2D eigenvalue weighted by Gasteiger charge is 2.05. The van der Waals surface area contributed by atoms with Gasteiger partial charge in [-0.15, -0.1) is 0 Å². The monoisotopic (exact) mass is 249 g/mol. The fourth-order valence-electron chi connectivity index (χ4n) is 1.76. The summed E-state index contributed by atoms with van der Waals surface area (Å²) in [6.07, 6.45) is 1.01. The molecule has 2 rings (SSSR count). The van der Waals surface area contributed by atoms with Crippen LogP contribution >= 0.6 is 11.6 Å². The molecule has 1 N–H and O–H groups in total. The van der Waals surface area contributed by atoms with Crippen molar-refractivity contribution in [2.24, 2.45) is 0 Å². The molecule has 3 heteroatoms. The molecule has 0 radical (unpaired) electrons. The number of furan rings is 1. The summed E-state index contributed by atoms with van der Waals surface area (Å²) in [5, 5.41) is 3.85. The maximum absolute atomic E-state index is 5.71. The molecule has 1 aromatic carbocycles. The van der Waals surface area contributed by atoms with Crippen molar-refractivity contribution in [3.05, 3.63) is 59.0 Å². The Morgan fingerprint density at radius 3 is 2.59 bits per heavy atom. The summed E-state index contributed by atoms with van der Waals surface area (Å²) < 4.78 is 5.29. The predicted octanol–water partition coefficient (Wildman–Crippen LogP) is 3.65. The van der Waals surface area contributed by atoms with E-state index in [9.17, 15) is 0 Å². The Labute approximate surface area is 107 Å². The molecule has 0 bridgehead atoms. The average Bonchev–Trinajstić information content (AvgIpc) is 2.74. The zero-order valence-corrected chi connectivity index (χ0v) is 10.6. The molecular weight excluding hydrogens is 234 g/mol. The lowest BCUT2D eigenvalue weighted by molar-refractivity contribution is 0.455. The number of nitrogens with one attached hydrogen (secondary N) is 1. The minimum absolute atomic E-state index is 0.404. The second kappa shape index (κ2) is 5.89. The molecule has 1 aromatic heterocycles. The van der Waals surface area contributed by atoms with Crippen LogP contribution in [-0.4, -0.2) is 6.04 Å². The highest BCUT2D eigenvalue weighted by Crippen LogP contribution is 2.13. The van der Waals surface area contributed by atoms with Gasteiger partial charge in [0.15, 0.2) is 5.22 Å². The van der Waals surface area contributed by atoms with Gasteiger partial charge in [0.25, 0.3) is 0 Å². The summed E-state index contributed by atoms with van der Waals surface area (Å²) >= 11 is 5.71. The summed E-state index contributed by atoms with van der Waals surface area (Å²) in [6, 6.07) is 14.5. The van der Waals surface area contributed by atoms with E-state index in [0.717, 1.165) is 12.2 Å². The lowest BCUT2D eigenvalue weighted by atomic mass is 10.1. The number of hydrogen-bond donors (Lipinski definition) is 1. The molecule has 2 nitrogen and oxygen atoms in total. The fourth-order valence-corrected chi connectivity index (χ4v) is 1.92. The van der Waals surface area contributed by atoms with E-state index in [1.165, 1.54) is 5.56 Å². The molecule has 0 spiro atoms. The second-order valence-electron chi connectivity index (χ2n) is 4.18. The first-order chi connectivity index (χ1) is 8.24. The third-order valence-electron chi connectivity index (χ3n) is 2.64. The van der Waals surface area contributed by atoms with Gasteiger partial charge in [-0.3, -0.25) is 0 Å². The first kappa shape index (κ1) is 12.2. The van der Waals surface area contributed by atoms with Crippen molar-refractivity contribution in [3.8, 4) is 0 Å². The summed E-state index contributed by atoms with van der Waals surface area (Å²) in [5.41, 5.74) is 1.34. The molecule has 0 saturated heterocycles. The summed E-state index contributed by atoms with van der Waals surface area (Å²) in [6.45, 7) is 2.87. The quantitative estimate of drug-likeness (QED) is 0.875. The van der Waals surface area contributed by atoms with Crippen molar-refractivity contribution in [2.45, 2.75) is 25.9 Å².